The van der Waals surface area contributed by atoms with Crippen LogP contribution in [0.2, 0.25) is 5.02 Å². The third kappa shape index (κ3) is 4.43. The van der Waals surface area contributed by atoms with E-state index < -0.39 is 18.1 Å². The SMILES string of the molecule is O=C(OCc1ccc(Cl)cc1F)N1CC[C@H](CNc2cncc3nncn23)[C@H](F)C1. The van der Waals surface area contributed by atoms with Crippen molar-refractivity contribution in [1.82, 2.24) is 24.5 Å². The molecular formula is C19H19ClF2N6O2. The summed E-state index contributed by atoms with van der Waals surface area (Å²) in [4.78, 5) is 17.6. The number of alkyl halides is 1. The van der Waals surface area contributed by atoms with Gasteiger partial charge in [0.2, 0.25) is 0 Å². The molecule has 1 aliphatic heterocycles. The molecule has 2 atom stereocenters. The van der Waals surface area contributed by atoms with E-state index in [2.05, 4.69) is 20.5 Å². The monoisotopic (exact) mass is 436 g/mol. The molecule has 1 aromatic carbocycles. The molecule has 0 radical (unpaired) electrons. The molecule has 0 unspecified atom stereocenters. The van der Waals surface area contributed by atoms with Gasteiger partial charge in [-0.15, -0.1) is 10.2 Å². The van der Waals surface area contributed by atoms with Gasteiger partial charge in [-0.3, -0.25) is 9.38 Å². The quantitative estimate of drug-likeness (QED) is 0.660. The van der Waals surface area contributed by atoms with Crippen molar-refractivity contribution in [3.05, 3.63) is 53.3 Å². The molecule has 3 aromatic rings. The van der Waals surface area contributed by atoms with E-state index in [0.29, 0.717) is 31.0 Å². The molecule has 0 bridgehead atoms. The minimum absolute atomic E-state index is 0.0800. The van der Waals surface area contributed by atoms with Crippen molar-refractivity contribution in [3.8, 4) is 0 Å². The van der Waals surface area contributed by atoms with E-state index in [0.717, 1.165) is 6.07 Å². The molecule has 0 aliphatic carbocycles. The summed E-state index contributed by atoms with van der Waals surface area (Å²) in [5, 5.41) is 11.2. The van der Waals surface area contributed by atoms with E-state index in [9.17, 15) is 13.6 Å². The van der Waals surface area contributed by atoms with Crippen LogP contribution in [-0.2, 0) is 11.3 Å². The van der Waals surface area contributed by atoms with Gasteiger partial charge in [0.05, 0.1) is 18.9 Å². The minimum Gasteiger partial charge on any atom is -0.444 e. The van der Waals surface area contributed by atoms with Gasteiger partial charge in [0.25, 0.3) is 0 Å². The molecule has 1 fully saturated rings. The first-order valence-electron chi connectivity index (χ1n) is 9.38. The number of halogens is 3. The number of hydrogen-bond donors (Lipinski definition) is 1. The summed E-state index contributed by atoms with van der Waals surface area (Å²) in [6, 6.07) is 4.11. The average Bonchev–Trinajstić information content (AvgIpc) is 3.21. The summed E-state index contributed by atoms with van der Waals surface area (Å²) in [6.07, 6.45) is 3.32. The van der Waals surface area contributed by atoms with Crippen molar-refractivity contribution < 1.29 is 18.3 Å². The van der Waals surface area contributed by atoms with E-state index in [1.54, 1.807) is 23.1 Å². The van der Waals surface area contributed by atoms with E-state index in [4.69, 9.17) is 16.3 Å². The van der Waals surface area contributed by atoms with Crippen molar-refractivity contribution in [2.45, 2.75) is 19.2 Å². The summed E-state index contributed by atoms with van der Waals surface area (Å²) in [5.74, 6) is -0.174. The first-order valence-corrected chi connectivity index (χ1v) is 9.76. The molecular weight excluding hydrogens is 418 g/mol. The van der Waals surface area contributed by atoms with Crippen molar-refractivity contribution in [2.75, 3.05) is 25.0 Å². The number of amides is 1. The smallest absolute Gasteiger partial charge is 0.410 e. The normalized spacial score (nSPS) is 19.1. The molecule has 30 heavy (non-hydrogen) atoms. The molecule has 4 rings (SSSR count). The number of ether oxygens (including phenoxy) is 1. The number of fused-ring (bicyclic) bond motifs is 1. The third-order valence-electron chi connectivity index (χ3n) is 5.07. The molecule has 1 N–H and O–H groups in total. The molecule has 0 saturated carbocycles. The van der Waals surface area contributed by atoms with Crippen molar-refractivity contribution in [2.24, 2.45) is 5.92 Å². The summed E-state index contributed by atoms with van der Waals surface area (Å²) < 4.78 is 35.3. The van der Waals surface area contributed by atoms with Gasteiger partial charge in [0, 0.05) is 29.6 Å². The lowest BCUT2D eigenvalue weighted by atomic mass is 9.95. The molecule has 1 aliphatic rings. The highest BCUT2D eigenvalue weighted by Gasteiger charge is 2.32. The predicted octanol–water partition coefficient (Wildman–Crippen LogP) is 3.33. The lowest BCUT2D eigenvalue weighted by Gasteiger charge is -2.34. The number of likely N-dealkylation sites (tertiary alicyclic amines) is 1. The fraction of sp³-hybridized carbons (Fsp3) is 0.368. The number of hydrogen-bond acceptors (Lipinski definition) is 6. The molecule has 3 heterocycles. The number of aromatic nitrogens is 4. The Labute approximate surface area is 175 Å². The second-order valence-electron chi connectivity index (χ2n) is 7.03. The first kappa shape index (κ1) is 20.3. The van der Waals surface area contributed by atoms with Crippen LogP contribution in [0.25, 0.3) is 5.65 Å². The van der Waals surface area contributed by atoms with Gasteiger partial charge in [0.15, 0.2) is 5.65 Å². The highest BCUT2D eigenvalue weighted by molar-refractivity contribution is 6.30. The van der Waals surface area contributed by atoms with Crippen LogP contribution in [0.15, 0.2) is 36.9 Å². The predicted molar refractivity (Wildman–Crippen MR) is 105 cm³/mol. The lowest BCUT2D eigenvalue weighted by Crippen LogP contribution is -2.46. The summed E-state index contributed by atoms with van der Waals surface area (Å²) in [6.45, 7) is 0.405. The molecule has 1 amide bonds. The van der Waals surface area contributed by atoms with Gasteiger partial charge in [-0.25, -0.2) is 13.6 Å². The second kappa shape index (κ2) is 8.78. The Morgan fingerprint density at radius 1 is 1.37 bits per heavy atom. The molecule has 8 nitrogen and oxygen atoms in total. The number of benzene rings is 1. The van der Waals surface area contributed by atoms with Gasteiger partial charge in [-0.1, -0.05) is 17.7 Å². The van der Waals surface area contributed by atoms with Crippen LogP contribution in [0.3, 0.4) is 0 Å². The van der Waals surface area contributed by atoms with Crippen LogP contribution in [0.4, 0.5) is 19.4 Å². The van der Waals surface area contributed by atoms with Crippen LogP contribution in [0.1, 0.15) is 12.0 Å². The summed E-state index contributed by atoms with van der Waals surface area (Å²) in [5.41, 5.74) is 0.798. The number of anilines is 1. The van der Waals surface area contributed by atoms with Crippen molar-refractivity contribution >= 4 is 29.2 Å². The van der Waals surface area contributed by atoms with Crippen LogP contribution >= 0.6 is 11.6 Å². The van der Waals surface area contributed by atoms with Crippen molar-refractivity contribution in [1.29, 1.82) is 0 Å². The standard InChI is InChI=1S/C19H19ClF2N6O2/c20-14-2-1-13(15(21)5-14)10-30-19(29)27-4-3-12(16(22)9-27)6-24-17-7-23-8-18-26-25-11-28(17)18/h1-2,5,7-8,11-12,16,24H,3-4,6,9-10H2/t12-,16-/m1/s1. The third-order valence-corrected chi connectivity index (χ3v) is 5.30. The second-order valence-corrected chi connectivity index (χ2v) is 7.47. The number of piperidine rings is 1. The van der Waals surface area contributed by atoms with Gasteiger partial charge < -0.3 is 15.0 Å². The number of rotatable bonds is 5. The number of carbonyl (C=O) groups excluding carboxylic acids is 1. The fourth-order valence-corrected chi connectivity index (χ4v) is 3.50. The van der Waals surface area contributed by atoms with Gasteiger partial charge >= 0.3 is 6.09 Å². The zero-order chi connectivity index (χ0) is 21.1. The molecule has 1 saturated heterocycles. The Morgan fingerprint density at radius 2 is 2.23 bits per heavy atom. The van der Waals surface area contributed by atoms with Crippen LogP contribution in [0.5, 0.6) is 0 Å². The Bertz CT molecular complexity index is 1050. The van der Waals surface area contributed by atoms with E-state index in [-0.39, 0.29) is 29.7 Å². The Hall–Kier alpha value is -3.01. The topological polar surface area (TPSA) is 84.6 Å². The van der Waals surface area contributed by atoms with E-state index in [1.165, 1.54) is 17.0 Å². The van der Waals surface area contributed by atoms with Gasteiger partial charge in [-0.2, -0.15) is 0 Å². The maximum Gasteiger partial charge on any atom is 0.410 e. The largest absolute Gasteiger partial charge is 0.444 e. The Kier molecular flexibility index (Phi) is 5.93. The van der Waals surface area contributed by atoms with Crippen molar-refractivity contribution in [3.63, 3.8) is 0 Å². The maximum absolute atomic E-state index is 14.7. The highest BCUT2D eigenvalue weighted by atomic mass is 35.5. The summed E-state index contributed by atoms with van der Waals surface area (Å²) >= 11 is 5.70. The van der Waals surface area contributed by atoms with Gasteiger partial charge in [0.1, 0.15) is 30.7 Å². The fourth-order valence-electron chi connectivity index (χ4n) is 3.34. The maximum atomic E-state index is 14.7. The molecule has 158 valence electrons. The highest BCUT2D eigenvalue weighted by Crippen LogP contribution is 2.23. The van der Waals surface area contributed by atoms with Gasteiger partial charge in [-0.05, 0) is 18.6 Å². The van der Waals surface area contributed by atoms with Crippen LogP contribution in [-0.4, -0.2) is 56.4 Å². The first-order chi connectivity index (χ1) is 14.5. The molecule has 0 spiro atoms. The lowest BCUT2D eigenvalue weighted by molar-refractivity contribution is 0.0539. The summed E-state index contributed by atoms with van der Waals surface area (Å²) in [7, 11) is 0. The Morgan fingerprint density at radius 3 is 3.03 bits per heavy atom. The van der Waals surface area contributed by atoms with E-state index >= 15 is 0 Å². The van der Waals surface area contributed by atoms with E-state index in [1.807, 2.05) is 0 Å². The molecule has 11 heteroatoms. The number of nitrogens with zero attached hydrogens (tertiary/aromatic N) is 5. The van der Waals surface area contributed by atoms with Crippen LogP contribution in [0, 0.1) is 11.7 Å². The zero-order valence-electron chi connectivity index (χ0n) is 15.8. The average molecular weight is 437 g/mol. The number of carbonyl (C=O) groups is 1. The zero-order valence-corrected chi connectivity index (χ0v) is 16.6. The van der Waals surface area contributed by atoms with Crippen LogP contribution < -0.4 is 5.32 Å². The Balaban J connectivity index is 1.28. The minimum atomic E-state index is -1.22. The molecule has 2 aromatic heterocycles. The number of nitrogens with one attached hydrogen (secondary N) is 1.